The van der Waals surface area contributed by atoms with Crippen molar-refractivity contribution in [1.29, 1.82) is 0 Å². The van der Waals surface area contributed by atoms with Crippen molar-refractivity contribution >= 4 is 11.7 Å². The second-order valence-corrected chi connectivity index (χ2v) is 8.19. The molecule has 10 nitrogen and oxygen atoms in total. The van der Waals surface area contributed by atoms with E-state index in [4.69, 9.17) is 15.2 Å². The maximum absolute atomic E-state index is 11.4. The highest BCUT2D eigenvalue weighted by atomic mass is 16.5. The molecule has 3 aromatic heterocycles. The maximum atomic E-state index is 11.4. The molecule has 1 amide bonds. The van der Waals surface area contributed by atoms with Crippen LogP contribution in [0.1, 0.15) is 43.4 Å². The Labute approximate surface area is 179 Å². The summed E-state index contributed by atoms with van der Waals surface area (Å²) in [6, 6.07) is 3.97. The number of carbonyl (C=O) groups is 1. The Kier molecular flexibility index (Phi) is 5.37. The molecule has 2 aliphatic heterocycles. The van der Waals surface area contributed by atoms with Crippen LogP contribution in [0.4, 0.5) is 5.82 Å². The van der Waals surface area contributed by atoms with Crippen molar-refractivity contribution in [2.24, 2.45) is 11.7 Å². The number of hydrogen-bond donors (Lipinski definition) is 2. The lowest BCUT2D eigenvalue weighted by Gasteiger charge is -2.31. The third kappa shape index (κ3) is 4.15. The van der Waals surface area contributed by atoms with Gasteiger partial charge in [0.15, 0.2) is 0 Å². The van der Waals surface area contributed by atoms with Crippen LogP contribution in [0.2, 0.25) is 0 Å². The Hall–Kier alpha value is -3.27. The van der Waals surface area contributed by atoms with E-state index >= 15 is 0 Å². The standard InChI is InChI=1S/C21H26N8O2/c22-19(30)14-4-10-28(11-5-14)18-12-15(3-6-25-18)20-26-21(31-27-20)16-2-1-9-29(16)13-17-23-7-8-24-17/h3,6-8,12,14,16H,1-2,4-5,9-11,13H2,(H2,22,30)(H,23,24). The molecular formula is C21H26N8O2. The summed E-state index contributed by atoms with van der Waals surface area (Å²) in [4.78, 5) is 32.6. The summed E-state index contributed by atoms with van der Waals surface area (Å²) in [5, 5.41) is 4.24. The zero-order valence-corrected chi connectivity index (χ0v) is 17.3. The Morgan fingerprint density at radius 2 is 2.06 bits per heavy atom. The topological polar surface area (TPSA) is 130 Å². The van der Waals surface area contributed by atoms with Gasteiger partial charge >= 0.3 is 0 Å². The second kappa shape index (κ2) is 8.46. The number of pyridine rings is 1. The number of rotatable bonds is 6. The predicted octanol–water partition coefficient (Wildman–Crippen LogP) is 1.89. The number of aromatic nitrogens is 5. The molecule has 0 aliphatic carbocycles. The number of H-pyrrole nitrogens is 1. The molecule has 31 heavy (non-hydrogen) atoms. The summed E-state index contributed by atoms with van der Waals surface area (Å²) in [6.07, 6.45) is 8.94. The first-order chi connectivity index (χ1) is 15.2. The normalized spacial score (nSPS) is 20.4. The van der Waals surface area contributed by atoms with Crippen molar-refractivity contribution in [1.82, 2.24) is 30.0 Å². The van der Waals surface area contributed by atoms with Gasteiger partial charge in [0, 0.05) is 43.2 Å². The molecule has 3 aromatic rings. The first-order valence-corrected chi connectivity index (χ1v) is 10.7. The van der Waals surface area contributed by atoms with Gasteiger partial charge in [-0.1, -0.05) is 5.16 Å². The summed E-state index contributed by atoms with van der Waals surface area (Å²) in [6.45, 7) is 3.22. The number of nitrogens with zero attached hydrogens (tertiary/aromatic N) is 6. The van der Waals surface area contributed by atoms with Gasteiger partial charge in [0.1, 0.15) is 11.6 Å². The molecule has 5 heterocycles. The lowest BCUT2D eigenvalue weighted by Crippen LogP contribution is -2.38. The minimum absolute atomic E-state index is 0.0465. The van der Waals surface area contributed by atoms with Crippen LogP contribution in [-0.4, -0.2) is 55.5 Å². The predicted molar refractivity (Wildman–Crippen MR) is 113 cm³/mol. The Morgan fingerprint density at radius 3 is 2.84 bits per heavy atom. The number of amides is 1. The van der Waals surface area contributed by atoms with E-state index in [0.717, 1.165) is 69.1 Å². The maximum Gasteiger partial charge on any atom is 0.244 e. The van der Waals surface area contributed by atoms with Crippen LogP contribution < -0.4 is 10.6 Å². The summed E-state index contributed by atoms with van der Waals surface area (Å²) in [7, 11) is 0. The van der Waals surface area contributed by atoms with E-state index in [0.29, 0.717) is 11.7 Å². The summed E-state index contributed by atoms with van der Waals surface area (Å²) in [5.74, 6) is 2.73. The number of carbonyl (C=O) groups excluding carboxylic acids is 1. The molecule has 5 rings (SSSR count). The van der Waals surface area contributed by atoms with Crippen molar-refractivity contribution in [3.63, 3.8) is 0 Å². The molecule has 0 bridgehead atoms. The molecule has 0 spiro atoms. The largest absolute Gasteiger partial charge is 0.369 e. The van der Waals surface area contributed by atoms with E-state index in [1.54, 1.807) is 12.4 Å². The fourth-order valence-electron chi connectivity index (χ4n) is 4.48. The molecule has 1 unspecified atom stereocenters. The van der Waals surface area contributed by atoms with Crippen LogP contribution in [0, 0.1) is 5.92 Å². The van der Waals surface area contributed by atoms with E-state index in [-0.39, 0.29) is 17.9 Å². The van der Waals surface area contributed by atoms with Crippen LogP contribution in [0.25, 0.3) is 11.4 Å². The smallest absolute Gasteiger partial charge is 0.244 e. The quantitative estimate of drug-likeness (QED) is 0.616. The van der Waals surface area contributed by atoms with Crippen LogP contribution in [0.3, 0.4) is 0 Å². The Bertz CT molecular complexity index is 1030. The van der Waals surface area contributed by atoms with Crippen LogP contribution in [0.5, 0.6) is 0 Å². The molecular weight excluding hydrogens is 396 g/mol. The van der Waals surface area contributed by atoms with Crippen molar-refractivity contribution < 1.29 is 9.32 Å². The zero-order chi connectivity index (χ0) is 21.2. The Morgan fingerprint density at radius 1 is 1.19 bits per heavy atom. The van der Waals surface area contributed by atoms with Gasteiger partial charge in [-0.2, -0.15) is 4.98 Å². The fourth-order valence-corrected chi connectivity index (χ4v) is 4.48. The van der Waals surface area contributed by atoms with E-state index in [9.17, 15) is 4.79 Å². The van der Waals surface area contributed by atoms with E-state index in [1.807, 2.05) is 18.3 Å². The van der Waals surface area contributed by atoms with Gasteiger partial charge in [-0.3, -0.25) is 9.69 Å². The zero-order valence-electron chi connectivity index (χ0n) is 17.3. The average molecular weight is 422 g/mol. The van der Waals surface area contributed by atoms with Gasteiger partial charge in [-0.05, 0) is 44.4 Å². The van der Waals surface area contributed by atoms with Gasteiger partial charge in [0.25, 0.3) is 0 Å². The van der Waals surface area contributed by atoms with E-state index in [2.05, 4.69) is 29.9 Å². The number of primary amides is 1. The van der Waals surface area contributed by atoms with E-state index in [1.165, 1.54) is 0 Å². The third-order valence-electron chi connectivity index (χ3n) is 6.22. The van der Waals surface area contributed by atoms with E-state index < -0.39 is 0 Å². The fraction of sp³-hybridized carbons (Fsp3) is 0.476. The van der Waals surface area contributed by atoms with Crippen LogP contribution >= 0.6 is 0 Å². The number of piperidine rings is 1. The molecule has 162 valence electrons. The first kappa shape index (κ1) is 19.7. The van der Waals surface area contributed by atoms with Gasteiger partial charge in [0.05, 0.1) is 12.6 Å². The lowest BCUT2D eigenvalue weighted by atomic mass is 9.96. The molecule has 2 saturated heterocycles. The highest BCUT2D eigenvalue weighted by Crippen LogP contribution is 2.33. The van der Waals surface area contributed by atoms with Gasteiger partial charge in [-0.15, -0.1) is 0 Å². The number of imidazole rings is 1. The highest BCUT2D eigenvalue weighted by molar-refractivity contribution is 5.77. The molecule has 10 heteroatoms. The molecule has 1 atom stereocenters. The van der Waals surface area contributed by atoms with Gasteiger partial charge < -0.3 is 20.1 Å². The number of likely N-dealkylation sites (tertiary alicyclic amines) is 1. The van der Waals surface area contributed by atoms with Crippen LogP contribution in [-0.2, 0) is 11.3 Å². The van der Waals surface area contributed by atoms with Gasteiger partial charge in [-0.25, -0.2) is 9.97 Å². The summed E-state index contributed by atoms with van der Waals surface area (Å²) in [5.41, 5.74) is 6.31. The SMILES string of the molecule is NC(=O)C1CCN(c2cc(-c3noc(C4CCCN4Cc4ncc[nH]4)n3)ccn2)CC1. The number of aromatic amines is 1. The average Bonchev–Trinajstić information content (AvgIpc) is 3.56. The van der Waals surface area contributed by atoms with Crippen molar-refractivity contribution in [2.75, 3.05) is 24.5 Å². The first-order valence-electron chi connectivity index (χ1n) is 10.7. The molecule has 0 aromatic carbocycles. The molecule has 2 fully saturated rings. The molecule has 0 radical (unpaired) electrons. The monoisotopic (exact) mass is 422 g/mol. The van der Waals surface area contributed by atoms with Crippen molar-refractivity contribution in [2.45, 2.75) is 38.3 Å². The number of hydrogen-bond acceptors (Lipinski definition) is 8. The summed E-state index contributed by atoms with van der Waals surface area (Å²) >= 11 is 0. The second-order valence-electron chi connectivity index (χ2n) is 8.19. The molecule has 3 N–H and O–H groups in total. The van der Waals surface area contributed by atoms with Crippen molar-refractivity contribution in [3.8, 4) is 11.4 Å². The number of nitrogens with two attached hydrogens (primary N) is 1. The number of anilines is 1. The van der Waals surface area contributed by atoms with Crippen molar-refractivity contribution in [3.05, 3.63) is 42.4 Å². The lowest BCUT2D eigenvalue weighted by molar-refractivity contribution is -0.122. The minimum Gasteiger partial charge on any atom is -0.369 e. The molecule has 0 saturated carbocycles. The van der Waals surface area contributed by atoms with Gasteiger partial charge in [0.2, 0.25) is 17.6 Å². The van der Waals surface area contributed by atoms with Crippen LogP contribution in [0.15, 0.2) is 35.2 Å². The Balaban J connectivity index is 1.30. The number of nitrogens with one attached hydrogen (secondary N) is 1. The highest BCUT2D eigenvalue weighted by Gasteiger charge is 2.31. The summed E-state index contributed by atoms with van der Waals surface area (Å²) < 4.78 is 5.66. The third-order valence-corrected chi connectivity index (χ3v) is 6.22. The molecule has 2 aliphatic rings. The minimum atomic E-state index is -0.214.